The summed E-state index contributed by atoms with van der Waals surface area (Å²) in [6.45, 7) is 0. The monoisotopic (exact) mass is 337 g/mol. The van der Waals surface area contributed by atoms with Crippen molar-refractivity contribution in [3.8, 4) is 22.9 Å². The smallest absolute Gasteiger partial charge is 0.163 e. The lowest BCUT2D eigenvalue weighted by Gasteiger charge is -2.10. The third-order valence-electron chi connectivity index (χ3n) is 3.95. The maximum Gasteiger partial charge on any atom is 0.163 e. The minimum Gasteiger partial charge on any atom is -0.493 e. The maximum absolute atomic E-state index is 6.18. The number of ether oxygens (including phenoxy) is 2. The van der Waals surface area contributed by atoms with Gasteiger partial charge in [-0.2, -0.15) is 0 Å². The predicted molar refractivity (Wildman–Crippen MR) is 97.9 cm³/mol. The number of aromatic nitrogens is 2. The van der Waals surface area contributed by atoms with Crippen LogP contribution in [0, 0.1) is 0 Å². The molecule has 0 aliphatic heterocycles. The molecule has 0 saturated carbocycles. The molecule has 0 bridgehead atoms. The third kappa shape index (κ3) is 2.23. The van der Waals surface area contributed by atoms with Gasteiger partial charge in [0.15, 0.2) is 17.3 Å². The van der Waals surface area contributed by atoms with Gasteiger partial charge in [0, 0.05) is 32.5 Å². The lowest BCUT2D eigenvalue weighted by atomic mass is 10.1. The van der Waals surface area contributed by atoms with Crippen LogP contribution in [0.4, 0.5) is 5.82 Å². The quantitative estimate of drug-likeness (QED) is 0.609. The Hall–Kier alpha value is -2.86. The second-order valence-electron chi connectivity index (χ2n) is 5.30. The summed E-state index contributed by atoms with van der Waals surface area (Å²) in [4.78, 5) is 9.19. The molecule has 6 heteroatoms. The molecule has 4 aromatic rings. The molecule has 2 aromatic heterocycles. The molecule has 0 aliphatic rings. The minimum absolute atomic E-state index is 0.422. The molecule has 0 unspecified atom stereocenters. The number of nitrogen functional groups attached to an aromatic ring is 1. The molecule has 4 rings (SSSR count). The summed E-state index contributed by atoms with van der Waals surface area (Å²) in [5.41, 5.74) is 7.89. The number of rotatable bonds is 3. The molecule has 24 heavy (non-hydrogen) atoms. The zero-order valence-electron chi connectivity index (χ0n) is 13.2. The van der Waals surface area contributed by atoms with Gasteiger partial charge in [-0.25, -0.2) is 9.97 Å². The number of methoxy groups -OCH3 is 2. The number of hydrogen-bond donors (Lipinski definition) is 1. The molecule has 2 N–H and O–H groups in total. The van der Waals surface area contributed by atoms with Gasteiger partial charge in [0.05, 0.1) is 19.7 Å². The number of nitrogens with zero attached hydrogens (tertiary/aromatic N) is 2. The van der Waals surface area contributed by atoms with E-state index < -0.39 is 0 Å². The van der Waals surface area contributed by atoms with Crippen molar-refractivity contribution in [2.45, 2.75) is 0 Å². The fraction of sp³-hybridized carbons (Fsp3) is 0.111. The topological polar surface area (TPSA) is 70.3 Å². The van der Waals surface area contributed by atoms with Gasteiger partial charge in [0.25, 0.3) is 0 Å². The molecule has 0 radical (unpaired) electrons. The highest BCUT2D eigenvalue weighted by atomic mass is 32.1. The van der Waals surface area contributed by atoms with Gasteiger partial charge < -0.3 is 15.2 Å². The molecule has 2 heterocycles. The average molecular weight is 337 g/mol. The van der Waals surface area contributed by atoms with Crippen LogP contribution in [0.15, 0.2) is 41.8 Å². The van der Waals surface area contributed by atoms with Crippen LogP contribution < -0.4 is 15.2 Å². The van der Waals surface area contributed by atoms with Gasteiger partial charge in [-0.05, 0) is 12.1 Å². The van der Waals surface area contributed by atoms with Crippen LogP contribution in [-0.4, -0.2) is 24.2 Å². The molecule has 0 saturated heterocycles. The van der Waals surface area contributed by atoms with Gasteiger partial charge in [-0.1, -0.05) is 18.2 Å². The molecule has 2 aromatic carbocycles. The third-order valence-corrected chi connectivity index (χ3v) is 4.92. The number of nitrogens with two attached hydrogens (primary N) is 1. The first-order chi connectivity index (χ1) is 11.7. The van der Waals surface area contributed by atoms with Crippen molar-refractivity contribution in [2.24, 2.45) is 0 Å². The SMILES string of the molecule is COc1cc2nc(-c3csc4ccccc34)nc(N)c2cc1OC. The fourth-order valence-electron chi connectivity index (χ4n) is 2.75. The van der Waals surface area contributed by atoms with Crippen LogP contribution in [0.25, 0.3) is 32.4 Å². The van der Waals surface area contributed by atoms with Crippen molar-refractivity contribution in [3.05, 3.63) is 41.8 Å². The van der Waals surface area contributed by atoms with Crippen LogP contribution in [0.3, 0.4) is 0 Å². The van der Waals surface area contributed by atoms with E-state index in [9.17, 15) is 0 Å². The summed E-state index contributed by atoms with van der Waals surface area (Å²) >= 11 is 1.67. The number of hydrogen-bond acceptors (Lipinski definition) is 6. The molecule has 5 nitrogen and oxygen atoms in total. The number of anilines is 1. The number of thiophene rings is 1. The lowest BCUT2D eigenvalue weighted by Crippen LogP contribution is -1.99. The molecule has 0 spiro atoms. The zero-order valence-corrected chi connectivity index (χ0v) is 14.1. The van der Waals surface area contributed by atoms with Crippen molar-refractivity contribution in [1.82, 2.24) is 9.97 Å². The standard InChI is InChI=1S/C18H15N3O2S/c1-22-14-7-11-13(8-15(14)23-2)20-18(21-17(11)19)12-9-24-16-6-4-3-5-10(12)16/h3-9H,1-2H3,(H2,19,20,21). The molecule has 0 amide bonds. The first-order valence-corrected chi connectivity index (χ1v) is 8.25. The highest BCUT2D eigenvalue weighted by Gasteiger charge is 2.14. The van der Waals surface area contributed by atoms with Crippen LogP contribution in [0.1, 0.15) is 0 Å². The first kappa shape index (κ1) is 14.7. The van der Waals surface area contributed by atoms with E-state index in [0.29, 0.717) is 23.1 Å². The highest BCUT2D eigenvalue weighted by molar-refractivity contribution is 7.17. The number of benzene rings is 2. The predicted octanol–water partition coefficient (Wildman–Crippen LogP) is 4.11. The Labute approximate surface area is 142 Å². The Bertz CT molecular complexity index is 1060. The van der Waals surface area contributed by atoms with E-state index in [-0.39, 0.29) is 0 Å². The Morgan fingerprint density at radius 2 is 1.71 bits per heavy atom. The molecule has 0 aliphatic carbocycles. The molecular formula is C18H15N3O2S. The largest absolute Gasteiger partial charge is 0.493 e. The summed E-state index contributed by atoms with van der Waals surface area (Å²) in [6.07, 6.45) is 0. The van der Waals surface area contributed by atoms with Crippen molar-refractivity contribution in [2.75, 3.05) is 20.0 Å². The molecule has 0 atom stereocenters. The van der Waals surface area contributed by atoms with Crippen molar-refractivity contribution < 1.29 is 9.47 Å². The molecular weight excluding hydrogens is 322 g/mol. The lowest BCUT2D eigenvalue weighted by molar-refractivity contribution is 0.356. The Balaban J connectivity index is 1.97. The molecule has 120 valence electrons. The summed E-state index contributed by atoms with van der Waals surface area (Å²) in [7, 11) is 3.19. The normalized spacial score (nSPS) is 11.1. The van der Waals surface area contributed by atoms with E-state index >= 15 is 0 Å². The van der Waals surface area contributed by atoms with Crippen molar-refractivity contribution in [1.29, 1.82) is 0 Å². The van der Waals surface area contributed by atoms with Gasteiger partial charge in [0.2, 0.25) is 0 Å². The Kier molecular flexibility index (Phi) is 3.46. The summed E-state index contributed by atoms with van der Waals surface area (Å²) in [5, 5.41) is 3.93. The maximum atomic E-state index is 6.18. The Morgan fingerprint density at radius 3 is 2.50 bits per heavy atom. The van der Waals surface area contributed by atoms with Gasteiger partial charge in [-0.3, -0.25) is 0 Å². The van der Waals surface area contributed by atoms with Crippen LogP contribution in [0.2, 0.25) is 0 Å². The van der Waals surface area contributed by atoms with Gasteiger partial charge in [-0.15, -0.1) is 11.3 Å². The van der Waals surface area contributed by atoms with E-state index in [1.165, 1.54) is 4.70 Å². The van der Waals surface area contributed by atoms with E-state index in [1.54, 1.807) is 31.6 Å². The highest BCUT2D eigenvalue weighted by Crippen LogP contribution is 2.36. The van der Waals surface area contributed by atoms with E-state index in [1.807, 2.05) is 18.2 Å². The summed E-state index contributed by atoms with van der Waals surface area (Å²) in [6, 6.07) is 11.8. The Morgan fingerprint density at radius 1 is 0.958 bits per heavy atom. The van der Waals surface area contributed by atoms with Gasteiger partial charge in [0.1, 0.15) is 5.82 Å². The van der Waals surface area contributed by atoms with E-state index in [2.05, 4.69) is 22.5 Å². The van der Waals surface area contributed by atoms with Crippen molar-refractivity contribution in [3.63, 3.8) is 0 Å². The average Bonchev–Trinajstić information content (AvgIpc) is 3.04. The second-order valence-corrected chi connectivity index (χ2v) is 6.21. The van der Waals surface area contributed by atoms with E-state index in [4.69, 9.17) is 20.2 Å². The van der Waals surface area contributed by atoms with E-state index in [0.717, 1.165) is 21.9 Å². The van der Waals surface area contributed by atoms with Crippen LogP contribution >= 0.6 is 11.3 Å². The number of fused-ring (bicyclic) bond motifs is 2. The van der Waals surface area contributed by atoms with Crippen LogP contribution in [0.5, 0.6) is 11.5 Å². The fourth-order valence-corrected chi connectivity index (χ4v) is 3.69. The summed E-state index contributed by atoms with van der Waals surface area (Å²) in [5.74, 6) is 2.26. The first-order valence-electron chi connectivity index (χ1n) is 7.37. The minimum atomic E-state index is 0.422. The van der Waals surface area contributed by atoms with Crippen LogP contribution in [-0.2, 0) is 0 Å². The second kappa shape index (κ2) is 5.65. The molecule has 0 fully saturated rings. The summed E-state index contributed by atoms with van der Waals surface area (Å²) < 4.78 is 11.9. The zero-order chi connectivity index (χ0) is 16.7. The van der Waals surface area contributed by atoms with Crippen molar-refractivity contribution >= 4 is 38.1 Å². The van der Waals surface area contributed by atoms with Gasteiger partial charge >= 0.3 is 0 Å².